The minimum Gasteiger partial charge on any atom is -0.374 e. The average Bonchev–Trinajstić information content (AvgIpc) is 2.45. The van der Waals surface area contributed by atoms with Gasteiger partial charge in [-0.15, -0.1) is 0 Å². The number of hydrogen-bond acceptors (Lipinski definition) is 3. The van der Waals surface area contributed by atoms with Gasteiger partial charge in [-0.2, -0.15) is 0 Å². The van der Waals surface area contributed by atoms with Crippen molar-refractivity contribution in [1.82, 2.24) is 9.80 Å². The molecule has 1 atom stereocenters. The third-order valence-corrected chi connectivity index (χ3v) is 4.30. The van der Waals surface area contributed by atoms with Gasteiger partial charge in [0.15, 0.2) is 0 Å². The average molecular weight is 268 g/mol. The van der Waals surface area contributed by atoms with E-state index in [9.17, 15) is 4.79 Å². The molecule has 1 aliphatic heterocycles. The van der Waals surface area contributed by atoms with Crippen molar-refractivity contribution in [1.29, 1.82) is 0 Å². The van der Waals surface area contributed by atoms with E-state index in [4.69, 9.17) is 4.74 Å². The predicted octanol–water partition coefficient (Wildman–Crippen LogP) is 1.75. The van der Waals surface area contributed by atoms with Crippen molar-refractivity contribution in [2.75, 3.05) is 40.3 Å². The van der Waals surface area contributed by atoms with Crippen LogP contribution in [0.15, 0.2) is 0 Å². The van der Waals surface area contributed by atoms with Crippen LogP contribution in [0.3, 0.4) is 0 Å². The molecular weight excluding hydrogens is 240 g/mol. The minimum atomic E-state index is 0.226. The molecule has 4 nitrogen and oxygen atoms in total. The molecule has 4 heteroatoms. The molecule has 2 aliphatic rings. The zero-order valence-corrected chi connectivity index (χ0v) is 12.4. The van der Waals surface area contributed by atoms with Crippen LogP contribution in [0.5, 0.6) is 0 Å². The van der Waals surface area contributed by atoms with Crippen LogP contribution in [0.1, 0.15) is 38.5 Å². The van der Waals surface area contributed by atoms with Crippen LogP contribution in [-0.4, -0.2) is 62.1 Å². The third-order valence-electron chi connectivity index (χ3n) is 4.30. The van der Waals surface area contributed by atoms with Crippen molar-refractivity contribution in [3.63, 3.8) is 0 Å². The smallest absolute Gasteiger partial charge is 0.225 e. The molecule has 1 aliphatic carbocycles. The molecule has 0 N–H and O–H groups in total. The third kappa shape index (κ3) is 4.46. The Balaban J connectivity index is 1.80. The molecule has 0 spiro atoms. The maximum Gasteiger partial charge on any atom is 0.225 e. The number of rotatable bonds is 4. The van der Waals surface area contributed by atoms with Crippen molar-refractivity contribution in [3.8, 4) is 0 Å². The van der Waals surface area contributed by atoms with E-state index in [0.29, 0.717) is 18.4 Å². The Morgan fingerprint density at radius 2 is 2.00 bits per heavy atom. The Morgan fingerprint density at radius 3 is 2.68 bits per heavy atom. The van der Waals surface area contributed by atoms with Crippen molar-refractivity contribution < 1.29 is 9.53 Å². The molecule has 1 heterocycles. The minimum absolute atomic E-state index is 0.226. The maximum absolute atomic E-state index is 12.5. The molecular formula is C15H28N2O2. The Morgan fingerprint density at radius 1 is 1.26 bits per heavy atom. The SMILES string of the molecule is CN(C)CC[C@@H]1CN(C(=O)C2CCCCC2)CCO1. The summed E-state index contributed by atoms with van der Waals surface area (Å²) >= 11 is 0. The summed E-state index contributed by atoms with van der Waals surface area (Å²) in [5.74, 6) is 0.680. The van der Waals surface area contributed by atoms with Gasteiger partial charge in [0.05, 0.1) is 12.7 Å². The van der Waals surface area contributed by atoms with Gasteiger partial charge in [0.2, 0.25) is 5.91 Å². The van der Waals surface area contributed by atoms with Gasteiger partial charge in [-0.25, -0.2) is 0 Å². The van der Waals surface area contributed by atoms with Gasteiger partial charge < -0.3 is 14.5 Å². The lowest BCUT2D eigenvalue weighted by molar-refractivity contribution is -0.144. The summed E-state index contributed by atoms with van der Waals surface area (Å²) in [7, 11) is 4.15. The second-order valence-corrected chi connectivity index (χ2v) is 6.20. The summed E-state index contributed by atoms with van der Waals surface area (Å²) in [5, 5.41) is 0. The second-order valence-electron chi connectivity index (χ2n) is 6.20. The van der Waals surface area contributed by atoms with Gasteiger partial charge in [0, 0.05) is 25.6 Å². The largest absolute Gasteiger partial charge is 0.374 e. The lowest BCUT2D eigenvalue weighted by Gasteiger charge is -2.36. The zero-order chi connectivity index (χ0) is 13.7. The monoisotopic (exact) mass is 268 g/mol. The summed E-state index contributed by atoms with van der Waals surface area (Å²) in [6.45, 7) is 3.31. The van der Waals surface area contributed by atoms with Crippen molar-refractivity contribution >= 4 is 5.91 Å². The van der Waals surface area contributed by atoms with Gasteiger partial charge in [-0.3, -0.25) is 4.79 Å². The fourth-order valence-electron chi connectivity index (χ4n) is 3.10. The standard InChI is InChI=1S/C15H28N2O2/c1-16(2)9-8-14-12-17(10-11-19-14)15(18)13-6-4-3-5-7-13/h13-14H,3-12H2,1-2H3/t14-/m1/s1. The molecule has 0 bridgehead atoms. The van der Waals surface area contributed by atoms with Crippen LogP contribution in [-0.2, 0) is 9.53 Å². The molecule has 0 aromatic rings. The van der Waals surface area contributed by atoms with E-state index >= 15 is 0 Å². The predicted molar refractivity (Wildman–Crippen MR) is 76.1 cm³/mol. The van der Waals surface area contributed by atoms with E-state index in [2.05, 4.69) is 23.9 Å². The number of morpholine rings is 1. The van der Waals surface area contributed by atoms with Gasteiger partial charge in [-0.05, 0) is 33.4 Å². The topological polar surface area (TPSA) is 32.8 Å². The van der Waals surface area contributed by atoms with Gasteiger partial charge in [0.1, 0.15) is 0 Å². The van der Waals surface area contributed by atoms with Crippen molar-refractivity contribution in [2.45, 2.75) is 44.6 Å². The summed E-state index contributed by atoms with van der Waals surface area (Å²) in [6, 6.07) is 0. The number of hydrogen-bond donors (Lipinski definition) is 0. The zero-order valence-electron chi connectivity index (χ0n) is 12.4. The molecule has 1 amide bonds. The molecule has 0 aromatic carbocycles. The van der Waals surface area contributed by atoms with Crippen LogP contribution in [0.4, 0.5) is 0 Å². The van der Waals surface area contributed by atoms with E-state index in [1.165, 1.54) is 19.3 Å². The highest BCUT2D eigenvalue weighted by Crippen LogP contribution is 2.26. The first-order valence-corrected chi connectivity index (χ1v) is 7.72. The highest BCUT2D eigenvalue weighted by atomic mass is 16.5. The van der Waals surface area contributed by atoms with Gasteiger partial charge in [0.25, 0.3) is 0 Å². The van der Waals surface area contributed by atoms with E-state index in [-0.39, 0.29) is 6.10 Å². The van der Waals surface area contributed by atoms with E-state index in [0.717, 1.165) is 38.9 Å². The molecule has 0 radical (unpaired) electrons. The molecule has 1 saturated carbocycles. The first-order valence-electron chi connectivity index (χ1n) is 7.72. The summed E-state index contributed by atoms with van der Waals surface area (Å²) in [5.41, 5.74) is 0. The fourth-order valence-corrected chi connectivity index (χ4v) is 3.10. The Bertz CT molecular complexity index is 288. The van der Waals surface area contributed by atoms with Crippen molar-refractivity contribution in [3.05, 3.63) is 0 Å². The number of carbonyl (C=O) groups is 1. The van der Waals surface area contributed by atoms with Gasteiger partial charge >= 0.3 is 0 Å². The highest BCUT2D eigenvalue weighted by Gasteiger charge is 2.29. The molecule has 2 fully saturated rings. The van der Waals surface area contributed by atoms with Crippen molar-refractivity contribution in [2.24, 2.45) is 5.92 Å². The Hall–Kier alpha value is -0.610. The summed E-state index contributed by atoms with van der Waals surface area (Å²) < 4.78 is 5.78. The first-order chi connectivity index (χ1) is 9.16. The molecule has 0 unspecified atom stereocenters. The lowest BCUT2D eigenvalue weighted by Crippen LogP contribution is -2.48. The summed E-state index contributed by atoms with van der Waals surface area (Å²) in [6.07, 6.45) is 7.19. The first kappa shape index (κ1) is 14.8. The van der Waals surface area contributed by atoms with Gasteiger partial charge in [-0.1, -0.05) is 19.3 Å². The van der Waals surface area contributed by atoms with Crippen LogP contribution in [0.2, 0.25) is 0 Å². The number of carbonyl (C=O) groups excluding carboxylic acids is 1. The second kappa shape index (κ2) is 7.25. The molecule has 19 heavy (non-hydrogen) atoms. The van der Waals surface area contributed by atoms with Crippen LogP contribution in [0, 0.1) is 5.92 Å². The van der Waals surface area contributed by atoms with Crippen LogP contribution >= 0.6 is 0 Å². The fraction of sp³-hybridized carbons (Fsp3) is 0.933. The Labute approximate surface area is 117 Å². The quantitative estimate of drug-likeness (QED) is 0.778. The molecule has 2 rings (SSSR count). The summed E-state index contributed by atoms with van der Waals surface area (Å²) in [4.78, 5) is 16.7. The maximum atomic E-state index is 12.5. The highest BCUT2D eigenvalue weighted by molar-refractivity contribution is 5.79. The van der Waals surface area contributed by atoms with Crippen LogP contribution < -0.4 is 0 Å². The van der Waals surface area contributed by atoms with E-state index < -0.39 is 0 Å². The molecule has 110 valence electrons. The molecule has 1 saturated heterocycles. The number of nitrogens with zero attached hydrogens (tertiary/aromatic N) is 2. The normalized spacial score (nSPS) is 25.8. The Kier molecular flexibility index (Phi) is 5.64. The molecule has 0 aromatic heterocycles. The number of amides is 1. The van der Waals surface area contributed by atoms with E-state index in [1.54, 1.807) is 0 Å². The van der Waals surface area contributed by atoms with Crippen LogP contribution in [0.25, 0.3) is 0 Å². The number of ether oxygens (including phenoxy) is 1. The lowest BCUT2D eigenvalue weighted by atomic mass is 9.88. The van der Waals surface area contributed by atoms with E-state index in [1.807, 2.05) is 0 Å².